The number of rotatable bonds is 7. The quantitative estimate of drug-likeness (QED) is 0.404. The van der Waals surface area contributed by atoms with E-state index in [1.54, 1.807) is 24.3 Å². The van der Waals surface area contributed by atoms with Crippen LogP contribution in [0.5, 0.6) is 5.75 Å². The number of hydrogen-bond acceptors (Lipinski definition) is 6. The molecule has 0 fully saturated rings. The van der Waals surface area contributed by atoms with E-state index in [0.29, 0.717) is 21.4 Å². The summed E-state index contributed by atoms with van der Waals surface area (Å²) in [5.74, 6) is 5.61. The standard InChI is InChI=1S/C17H13Cl2F2N5O2S/c18-9-5-6-10(11(19)7-9)15-24-25-17(26(15)22)29-8-14(27)23-12-3-1-2-4-13(12)28-16(20)21/h1-7,16H,8,22H2,(H,23,27). The van der Waals surface area contributed by atoms with Crippen LogP contribution >= 0.6 is 35.0 Å². The molecule has 0 saturated carbocycles. The highest BCUT2D eigenvalue weighted by molar-refractivity contribution is 7.99. The van der Waals surface area contributed by atoms with Gasteiger partial charge in [-0.1, -0.05) is 47.1 Å². The number of nitrogen functional groups attached to an aromatic ring is 1. The van der Waals surface area contributed by atoms with Crippen LogP contribution in [-0.4, -0.2) is 33.1 Å². The third-order valence-corrected chi connectivity index (χ3v) is 5.04. The number of carbonyl (C=O) groups excluding carboxylic acids is 1. The summed E-state index contributed by atoms with van der Waals surface area (Å²) in [7, 11) is 0. The number of nitrogens with zero attached hydrogens (tertiary/aromatic N) is 3. The van der Waals surface area contributed by atoms with Crippen molar-refractivity contribution in [3.63, 3.8) is 0 Å². The summed E-state index contributed by atoms with van der Waals surface area (Å²) in [6, 6.07) is 10.7. The van der Waals surface area contributed by atoms with E-state index in [-0.39, 0.29) is 22.3 Å². The summed E-state index contributed by atoms with van der Waals surface area (Å²) in [5, 5.41) is 11.5. The summed E-state index contributed by atoms with van der Waals surface area (Å²) >= 11 is 13.1. The van der Waals surface area contributed by atoms with Crippen molar-refractivity contribution in [1.29, 1.82) is 0 Å². The highest BCUT2D eigenvalue weighted by atomic mass is 35.5. The molecule has 3 rings (SSSR count). The molecular formula is C17H13Cl2F2N5O2S. The second-order valence-electron chi connectivity index (χ2n) is 5.51. The average molecular weight is 460 g/mol. The van der Waals surface area contributed by atoms with Gasteiger partial charge in [0.25, 0.3) is 0 Å². The monoisotopic (exact) mass is 459 g/mol. The maximum Gasteiger partial charge on any atom is 0.387 e. The molecule has 0 atom stereocenters. The van der Waals surface area contributed by atoms with E-state index in [9.17, 15) is 13.6 Å². The van der Waals surface area contributed by atoms with Crippen LogP contribution in [0.1, 0.15) is 0 Å². The Bertz CT molecular complexity index is 1030. The number of nitrogens with two attached hydrogens (primary N) is 1. The zero-order valence-corrected chi connectivity index (χ0v) is 16.8. The van der Waals surface area contributed by atoms with Crippen molar-refractivity contribution in [1.82, 2.24) is 14.9 Å². The van der Waals surface area contributed by atoms with Gasteiger partial charge >= 0.3 is 6.61 Å². The van der Waals surface area contributed by atoms with Crippen LogP contribution in [0.4, 0.5) is 14.5 Å². The van der Waals surface area contributed by atoms with E-state index in [1.165, 1.54) is 22.9 Å². The lowest BCUT2D eigenvalue weighted by Crippen LogP contribution is -2.17. The summed E-state index contributed by atoms with van der Waals surface area (Å²) in [6.07, 6.45) is 0. The molecule has 29 heavy (non-hydrogen) atoms. The summed E-state index contributed by atoms with van der Waals surface area (Å²) < 4.78 is 30.5. The molecule has 0 bridgehead atoms. The van der Waals surface area contributed by atoms with Crippen molar-refractivity contribution in [2.75, 3.05) is 16.9 Å². The molecule has 3 aromatic rings. The van der Waals surface area contributed by atoms with Gasteiger partial charge in [-0.2, -0.15) is 8.78 Å². The van der Waals surface area contributed by atoms with Crippen LogP contribution in [0.3, 0.4) is 0 Å². The molecule has 7 nitrogen and oxygen atoms in total. The lowest BCUT2D eigenvalue weighted by Gasteiger charge is -2.11. The number of anilines is 1. The molecule has 1 amide bonds. The van der Waals surface area contributed by atoms with Crippen LogP contribution in [0.25, 0.3) is 11.4 Å². The molecule has 2 aromatic carbocycles. The Kier molecular flexibility index (Phi) is 6.78. The number of ether oxygens (including phenoxy) is 1. The molecule has 1 aromatic heterocycles. The van der Waals surface area contributed by atoms with Gasteiger partial charge in [0.1, 0.15) is 5.75 Å². The first-order valence-corrected chi connectivity index (χ1v) is 9.71. The van der Waals surface area contributed by atoms with Crippen LogP contribution in [0.2, 0.25) is 10.0 Å². The number of carbonyl (C=O) groups is 1. The number of benzene rings is 2. The average Bonchev–Trinajstić information content (AvgIpc) is 3.02. The van der Waals surface area contributed by atoms with E-state index in [1.807, 2.05) is 0 Å². The normalized spacial score (nSPS) is 10.9. The first-order valence-electron chi connectivity index (χ1n) is 7.97. The van der Waals surface area contributed by atoms with Crippen LogP contribution < -0.4 is 15.9 Å². The molecule has 0 spiro atoms. The number of para-hydroxylation sites is 2. The van der Waals surface area contributed by atoms with Crippen molar-refractivity contribution in [2.45, 2.75) is 11.8 Å². The molecule has 12 heteroatoms. The van der Waals surface area contributed by atoms with Gasteiger partial charge in [-0.3, -0.25) is 4.79 Å². The van der Waals surface area contributed by atoms with Gasteiger partial charge in [0.15, 0.2) is 5.82 Å². The minimum atomic E-state index is -3.00. The Hall–Kier alpha value is -2.56. The maximum absolute atomic E-state index is 12.5. The zero-order chi connectivity index (χ0) is 21.0. The molecule has 0 saturated heterocycles. The topological polar surface area (TPSA) is 95.1 Å². The molecule has 0 aliphatic rings. The molecular weight excluding hydrogens is 447 g/mol. The number of aromatic nitrogens is 3. The molecule has 0 radical (unpaired) electrons. The van der Waals surface area contributed by atoms with Crippen LogP contribution in [-0.2, 0) is 4.79 Å². The van der Waals surface area contributed by atoms with Crippen molar-refractivity contribution >= 4 is 46.6 Å². The van der Waals surface area contributed by atoms with Crippen molar-refractivity contribution in [3.05, 3.63) is 52.5 Å². The number of amides is 1. The van der Waals surface area contributed by atoms with Gasteiger partial charge in [-0.05, 0) is 30.3 Å². The Morgan fingerprint density at radius 3 is 2.72 bits per heavy atom. The Labute approximate surface area is 178 Å². The Morgan fingerprint density at radius 2 is 2.00 bits per heavy atom. The molecule has 1 heterocycles. The predicted octanol–water partition coefficient (Wildman–Crippen LogP) is 4.30. The predicted molar refractivity (Wildman–Crippen MR) is 108 cm³/mol. The Balaban J connectivity index is 1.67. The van der Waals surface area contributed by atoms with E-state index in [2.05, 4.69) is 20.3 Å². The largest absolute Gasteiger partial charge is 0.433 e. The molecule has 0 aliphatic carbocycles. The third-order valence-electron chi connectivity index (χ3n) is 3.55. The fraction of sp³-hybridized carbons (Fsp3) is 0.118. The van der Waals surface area contributed by atoms with E-state index >= 15 is 0 Å². The van der Waals surface area contributed by atoms with Gasteiger partial charge < -0.3 is 15.9 Å². The van der Waals surface area contributed by atoms with Gasteiger partial charge in [-0.25, -0.2) is 4.68 Å². The summed E-state index contributed by atoms with van der Waals surface area (Å²) in [5.41, 5.74) is 0.654. The lowest BCUT2D eigenvalue weighted by atomic mass is 10.2. The minimum Gasteiger partial charge on any atom is -0.433 e. The first kappa shape index (κ1) is 21.2. The van der Waals surface area contributed by atoms with Crippen molar-refractivity contribution < 1.29 is 18.3 Å². The molecule has 0 aliphatic heterocycles. The lowest BCUT2D eigenvalue weighted by molar-refractivity contribution is -0.113. The van der Waals surface area contributed by atoms with Gasteiger partial charge in [0, 0.05) is 10.6 Å². The fourth-order valence-electron chi connectivity index (χ4n) is 2.31. The summed E-state index contributed by atoms with van der Waals surface area (Å²) in [4.78, 5) is 12.2. The number of thioether (sulfide) groups is 1. The summed E-state index contributed by atoms with van der Waals surface area (Å²) in [6.45, 7) is -3.00. The first-order chi connectivity index (χ1) is 13.8. The zero-order valence-electron chi connectivity index (χ0n) is 14.5. The highest BCUT2D eigenvalue weighted by Crippen LogP contribution is 2.30. The van der Waals surface area contributed by atoms with Crippen molar-refractivity contribution in [3.8, 4) is 17.1 Å². The molecule has 3 N–H and O–H groups in total. The molecule has 0 unspecified atom stereocenters. The van der Waals surface area contributed by atoms with E-state index in [4.69, 9.17) is 29.0 Å². The molecule has 152 valence electrons. The fourth-order valence-corrected chi connectivity index (χ4v) is 3.46. The van der Waals surface area contributed by atoms with Gasteiger partial charge in [-0.15, -0.1) is 10.2 Å². The minimum absolute atomic E-state index is 0.0906. The number of hydrogen-bond donors (Lipinski definition) is 2. The highest BCUT2D eigenvalue weighted by Gasteiger charge is 2.17. The maximum atomic E-state index is 12.5. The second-order valence-corrected chi connectivity index (χ2v) is 7.30. The number of halogens is 4. The van der Waals surface area contributed by atoms with Crippen molar-refractivity contribution in [2.24, 2.45) is 0 Å². The second kappa shape index (κ2) is 9.29. The third kappa shape index (κ3) is 5.28. The number of nitrogens with one attached hydrogen (secondary N) is 1. The Morgan fingerprint density at radius 1 is 1.24 bits per heavy atom. The van der Waals surface area contributed by atoms with Gasteiger partial charge in [0.2, 0.25) is 11.1 Å². The van der Waals surface area contributed by atoms with Crippen LogP contribution in [0, 0.1) is 0 Å². The smallest absolute Gasteiger partial charge is 0.387 e. The van der Waals surface area contributed by atoms with Crippen LogP contribution in [0.15, 0.2) is 47.6 Å². The van der Waals surface area contributed by atoms with E-state index in [0.717, 1.165) is 11.8 Å². The van der Waals surface area contributed by atoms with E-state index < -0.39 is 12.5 Å². The SMILES string of the molecule is Nn1c(SCC(=O)Nc2ccccc2OC(F)F)nnc1-c1ccc(Cl)cc1Cl. The number of alkyl halides is 2. The van der Waals surface area contributed by atoms with Gasteiger partial charge in [0.05, 0.1) is 16.5 Å².